The lowest BCUT2D eigenvalue weighted by Crippen LogP contribution is -2.51. The molecule has 4 aliphatic rings. The highest BCUT2D eigenvalue weighted by Gasteiger charge is 2.59. The van der Waals surface area contributed by atoms with E-state index in [2.05, 4.69) is 33.8 Å². The van der Waals surface area contributed by atoms with Crippen molar-refractivity contribution < 1.29 is 22.3 Å². The van der Waals surface area contributed by atoms with Crippen LogP contribution in [0.3, 0.4) is 0 Å². The molecule has 0 spiro atoms. The quantitative estimate of drug-likeness (QED) is 0.318. The molecular weight excluding hydrogens is 436 g/mol. The first kappa shape index (κ1) is 25.7. The predicted octanol–water partition coefficient (Wildman–Crippen LogP) is 6.19. The molecule has 5 nitrogen and oxygen atoms in total. The van der Waals surface area contributed by atoms with Crippen LogP contribution in [0.2, 0.25) is 0 Å². The number of aliphatic hydroxyl groups excluding tert-OH is 1. The van der Waals surface area contributed by atoms with Crippen molar-refractivity contribution in [2.45, 2.75) is 104 Å². The standard InChI is InChI=1S/C27H46O5S/c1-18(17-28)6-5-7-19(2)23-10-11-24-22-9-8-20-16-21(32-33(29,30)31)12-14-26(20,3)25(22)13-15-27(23,24)4/h8,18-19,21-25,28H,5-7,9-17H2,1-4H3,(H,29,30,31)/t18?,19-,21+,22?,23?,24?,25?,26+,27?/m1/s1. The summed E-state index contributed by atoms with van der Waals surface area (Å²) in [5, 5.41) is 9.33. The largest absolute Gasteiger partial charge is 0.397 e. The van der Waals surface area contributed by atoms with Crippen molar-refractivity contribution in [3.05, 3.63) is 11.6 Å². The molecule has 2 N–H and O–H groups in total. The summed E-state index contributed by atoms with van der Waals surface area (Å²) >= 11 is 0. The third-order valence-corrected chi connectivity index (χ3v) is 11.3. The fourth-order valence-corrected chi connectivity index (χ4v) is 9.45. The van der Waals surface area contributed by atoms with Crippen molar-refractivity contribution in [1.29, 1.82) is 0 Å². The van der Waals surface area contributed by atoms with Gasteiger partial charge in [-0.3, -0.25) is 4.55 Å². The molecule has 3 fully saturated rings. The zero-order chi connectivity index (χ0) is 24.0. The summed E-state index contributed by atoms with van der Waals surface area (Å²) in [6.45, 7) is 9.94. The zero-order valence-corrected chi connectivity index (χ0v) is 21.9. The highest BCUT2D eigenvalue weighted by molar-refractivity contribution is 7.80. The van der Waals surface area contributed by atoms with Gasteiger partial charge in [0.2, 0.25) is 0 Å². The number of fused-ring (bicyclic) bond motifs is 5. The monoisotopic (exact) mass is 482 g/mol. The second-order valence-corrected chi connectivity index (χ2v) is 13.6. The molecule has 0 aromatic heterocycles. The second-order valence-electron chi connectivity index (χ2n) is 12.6. The topological polar surface area (TPSA) is 83.8 Å². The van der Waals surface area contributed by atoms with Gasteiger partial charge < -0.3 is 5.11 Å². The molecule has 0 radical (unpaired) electrons. The molecule has 0 aromatic carbocycles. The number of aliphatic hydroxyl groups is 1. The Morgan fingerprint density at radius 1 is 1.09 bits per heavy atom. The van der Waals surface area contributed by atoms with Gasteiger partial charge in [0.05, 0.1) is 6.10 Å². The predicted molar refractivity (Wildman–Crippen MR) is 131 cm³/mol. The Labute approximate surface area is 201 Å². The van der Waals surface area contributed by atoms with Crippen LogP contribution in [0, 0.1) is 46.3 Å². The van der Waals surface area contributed by atoms with Crippen molar-refractivity contribution in [2.75, 3.05) is 6.61 Å². The Hall–Kier alpha value is -0.430. The SMILES string of the molecule is CC(CO)CCC[C@@H](C)C1CCC2C3CC=C4C[C@@H](OS(=O)(=O)O)CC[C@]4(C)C3CCC21C. The molecule has 190 valence electrons. The summed E-state index contributed by atoms with van der Waals surface area (Å²) in [5.74, 6) is 4.19. The van der Waals surface area contributed by atoms with Crippen LogP contribution in [0.5, 0.6) is 0 Å². The van der Waals surface area contributed by atoms with Gasteiger partial charge in [-0.25, -0.2) is 4.18 Å². The van der Waals surface area contributed by atoms with Gasteiger partial charge in [-0.15, -0.1) is 0 Å². The molecule has 33 heavy (non-hydrogen) atoms. The number of allylic oxidation sites excluding steroid dienone is 1. The van der Waals surface area contributed by atoms with Crippen LogP contribution in [0.25, 0.3) is 0 Å². The third kappa shape index (κ3) is 4.96. The lowest BCUT2D eigenvalue weighted by Gasteiger charge is -2.58. The summed E-state index contributed by atoms with van der Waals surface area (Å²) in [6, 6.07) is 0. The fraction of sp³-hybridized carbons (Fsp3) is 0.926. The maximum atomic E-state index is 11.2. The van der Waals surface area contributed by atoms with Gasteiger partial charge in [0.25, 0.3) is 0 Å². The van der Waals surface area contributed by atoms with E-state index in [1.165, 1.54) is 44.1 Å². The molecule has 0 heterocycles. The minimum absolute atomic E-state index is 0.146. The van der Waals surface area contributed by atoms with Crippen LogP contribution in [0.1, 0.15) is 98.3 Å². The Morgan fingerprint density at radius 3 is 2.55 bits per heavy atom. The van der Waals surface area contributed by atoms with Crippen molar-refractivity contribution in [3.8, 4) is 0 Å². The van der Waals surface area contributed by atoms with Crippen LogP contribution in [-0.2, 0) is 14.6 Å². The second kappa shape index (κ2) is 9.55. The van der Waals surface area contributed by atoms with E-state index < -0.39 is 16.5 Å². The first-order chi connectivity index (χ1) is 15.5. The summed E-state index contributed by atoms with van der Waals surface area (Å²) in [6.07, 6.45) is 14.3. The molecule has 6 heteroatoms. The van der Waals surface area contributed by atoms with E-state index in [0.717, 1.165) is 42.9 Å². The average Bonchev–Trinajstić information content (AvgIpc) is 3.10. The highest BCUT2D eigenvalue weighted by Crippen LogP contribution is 2.67. The van der Waals surface area contributed by atoms with Crippen LogP contribution in [0.4, 0.5) is 0 Å². The Bertz CT molecular complexity index is 837. The summed E-state index contributed by atoms with van der Waals surface area (Å²) in [5.41, 5.74) is 1.96. The van der Waals surface area contributed by atoms with Gasteiger partial charge in [-0.2, -0.15) is 8.42 Å². The van der Waals surface area contributed by atoms with Gasteiger partial charge in [0, 0.05) is 6.61 Å². The average molecular weight is 483 g/mol. The van der Waals surface area contributed by atoms with Gasteiger partial charge in [-0.1, -0.05) is 52.2 Å². The summed E-state index contributed by atoms with van der Waals surface area (Å²) in [7, 11) is -4.39. The Kier molecular flexibility index (Phi) is 7.43. The van der Waals surface area contributed by atoms with Crippen molar-refractivity contribution >= 4 is 10.4 Å². The molecule has 3 saturated carbocycles. The molecule has 9 atom stereocenters. The number of rotatable bonds is 8. The third-order valence-electron chi connectivity index (χ3n) is 10.7. The first-order valence-electron chi connectivity index (χ1n) is 13.4. The van der Waals surface area contributed by atoms with E-state index in [1.807, 2.05) is 0 Å². The maximum absolute atomic E-state index is 11.2. The van der Waals surface area contributed by atoms with Gasteiger partial charge in [-0.05, 0) is 104 Å². The smallest absolute Gasteiger partial charge is 0.396 e. The molecule has 0 amide bonds. The minimum atomic E-state index is -4.39. The zero-order valence-electron chi connectivity index (χ0n) is 21.1. The molecule has 4 rings (SSSR count). The van der Waals surface area contributed by atoms with E-state index in [0.29, 0.717) is 36.7 Å². The minimum Gasteiger partial charge on any atom is -0.396 e. The molecule has 0 aliphatic heterocycles. The molecule has 0 bridgehead atoms. The lowest BCUT2D eigenvalue weighted by atomic mass is 9.47. The van der Waals surface area contributed by atoms with E-state index in [4.69, 9.17) is 8.74 Å². The van der Waals surface area contributed by atoms with E-state index in [1.54, 1.807) is 0 Å². The Morgan fingerprint density at radius 2 is 1.85 bits per heavy atom. The van der Waals surface area contributed by atoms with Crippen LogP contribution < -0.4 is 0 Å². The van der Waals surface area contributed by atoms with Gasteiger partial charge >= 0.3 is 10.4 Å². The van der Waals surface area contributed by atoms with Crippen LogP contribution in [-0.4, -0.2) is 30.8 Å². The molecule has 4 aliphatic carbocycles. The van der Waals surface area contributed by atoms with Crippen molar-refractivity contribution in [3.63, 3.8) is 0 Å². The molecule has 6 unspecified atom stereocenters. The van der Waals surface area contributed by atoms with Gasteiger partial charge in [0.15, 0.2) is 0 Å². The first-order valence-corrected chi connectivity index (χ1v) is 14.8. The molecule has 0 saturated heterocycles. The fourth-order valence-electron chi connectivity index (χ4n) is 8.94. The van der Waals surface area contributed by atoms with Crippen LogP contribution in [0.15, 0.2) is 11.6 Å². The highest BCUT2D eigenvalue weighted by atomic mass is 32.3. The van der Waals surface area contributed by atoms with Crippen molar-refractivity contribution in [1.82, 2.24) is 0 Å². The van der Waals surface area contributed by atoms with Gasteiger partial charge in [0.1, 0.15) is 0 Å². The van der Waals surface area contributed by atoms with E-state index >= 15 is 0 Å². The van der Waals surface area contributed by atoms with Crippen LogP contribution >= 0.6 is 0 Å². The number of hydrogen-bond acceptors (Lipinski definition) is 4. The van der Waals surface area contributed by atoms with E-state index in [-0.39, 0.29) is 5.41 Å². The molecular formula is C27H46O5S. The summed E-state index contributed by atoms with van der Waals surface area (Å²) < 4.78 is 36.6. The summed E-state index contributed by atoms with van der Waals surface area (Å²) in [4.78, 5) is 0. The molecule has 0 aromatic rings. The van der Waals surface area contributed by atoms with Crippen molar-refractivity contribution in [2.24, 2.45) is 46.3 Å². The number of hydrogen-bond donors (Lipinski definition) is 2. The normalized spacial score (nSPS) is 42.6. The maximum Gasteiger partial charge on any atom is 0.397 e. The van der Waals surface area contributed by atoms with E-state index in [9.17, 15) is 13.5 Å². The Balaban J connectivity index is 1.45. The lowest BCUT2D eigenvalue weighted by molar-refractivity contribution is -0.0560.